The summed E-state index contributed by atoms with van der Waals surface area (Å²) in [5.74, 6) is 1.20. The second kappa shape index (κ2) is 9.44. The molecule has 5 rings (SSSR count). The highest BCUT2D eigenvalue weighted by Gasteiger charge is 2.42. The SMILES string of the molecule is C#CC(=O)N(C)C1CC(C(=O)N2CCC(O)(Cn3cnc4c(cnn4-c4ccc(F)cc4)c3=O)CC2)C1. The molecule has 1 aliphatic heterocycles. The first-order valence-electron chi connectivity index (χ1n) is 12.1. The van der Waals surface area contributed by atoms with E-state index in [1.165, 1.54) is 38.8 Å². The number of terminal acetylenes is 1. The predicted molar refractivity (Wildman–Crippen MR) is 132 cm³/mol. The fourth-order valence-corrected chi connectivity index (χ4v) is 5.08. The zero-order valence-corrected chi connectivity index (χ0v) is 20.4. The van der Waals surface area contributed by atoms with E-state index in [1.807, 2.05) is 0 Å². The van der Waals surface area contributed by atoms with E-state index in [2.05, 4.69) is 16.0 Å². The van der Waals surface area contributed by atoms with Gasteiger partial charge in [-0.05, 0) is 55.9 Å². The quantitative estimate of drug-likeness (QED) is 0.516. The molecule has 2 amide bonds. The standard InChI is InChI=1S/C26H27FN6O4/c1-3-22(34)30(2)20-12-17(13-20)24(35)31-10-8-26(37,9-11-31)15-32-16-28-23-21(25(32)36)14-29-33(23)19-6-4-18(27)5-7-19/h1,4-7,14,16-17,20,37H,8-13,15H2,2H3. The van der Waals surface area contributed by atoms with Crippen LogP contribution >= 0.6 is 0 Å². The lowest BCUT2D eigenvalue weighted by Gasteiger charge is -2.44. The van der Waals surface area contributed by atoms with Gasteiger partial charge in [0.15, 0.2) is 5.65 Å². The Labute approximate surface area is 212 Å². The van der Waals surface area contributed by atoms with Gasteiger partial charge < -0.3 is 14.9 Å². The topological polar surface area (TPSA) is 114 Å². The highest BCUT2D eigenvalue weighted by atomic mass is 19.1. The Morgan fingerprint density at radius 3 is 2.57 bits per heavy atom. The molecular weight excluding hydrogens is 479 g/mol. The molecule has 10 nitrogen and oxygen atoms in total. The molecule has 11 heteroatoms. The minimum atomic E-state index is -1.16. The van der Waals surface area contributed by atoms with E-state index in [0.29, 0.717) is 50.1 Å². The van der Waals surface area contributed by atoms with Crippen LogP contribution in [-0.4, -0.2) is 77.8 Å². The first kappa shape index (κ1) is 24.6. The molecule has 37 heavy (non-hydrogen) atoms. The van der Waals surface area contributed by atoms with E-state index in [1.54, 1.807) is 24.1 Å². The van der Waals surface area contributed by atoms with Crippen LogP contribution in [0.4, 0.5) is 4.39 Å². The van der Waals surface area contributed by atoms with Crippen LogP contribution in [-0.2, 0) is 16.1 Å². The summed E-state index contributed by atoms with van der Waals surface area (Å²) in [5, 5.41) is 15.7. The molecule has 0 unspecified atom stereocenters. The van der Waals surface area contributed by atoms with Gasteiger partial charge in [-0.1, -0.05) is 0 Å². The van der Waals surface area contributed by atoms with Crippen molar-refractivity contribution in [1.29, 1.82) is 0 Å². The lowest BCUT2D eigenvalue weighted by atomic mass is 9.78. The van der Waals surface area contributed by atoms with Gasteiger partial charge in [0.2, 0.25) is 5.91 Å². The minimum absolute atomic E-state index is 0.0216. The molecule has 1 saturated carbocycles. The fourth-order valence-electron chi connectivity index (χ4n) is 5.08. The molecule has 0 bridgehead atoms. The van der Waals surface area contributed by atoms with E-state index in [9.17, 15) is 23.9 Å². The number of carbonyl (C=O) groups is 2. The van der Waals surface area contributed by atoms with Gasteiger partial charge in [0, 0.05) is 32.1 Å². The molecule has 192 valence electrons. The van der Waals surface area contributed by atoms with Crippen molar-refractivity contribution in [2.75, 3.05) is 20.1 Å². The van der Waals surface area contributed by atoms with Crippen LogP contribution in [0.2, 0.25) is 0 Å². The number of amides is 2. The lowest BCUT2D eigenvalue weighted by molar-refractivity contribution is -0.147. The fraction of sp³-hybridized carbons (Fsp3) is 0.423. The molecule has 3 aromatic rings. The summed E-state index contributed by atoms with van der Waals surface area (Å²) in [5.41, 5.74) is -0.585. The Bertz CT molecular complexity index is 1440. The van der Waals surface area contributed by atoms with Crippen molar-refractivity contribution in [2.45, 2.75) is 43.9 Å². The number of benzene rings is 1. The van der Waals surface area contributed by atoms with Crippen LogP contribution in [0.5, 0.6) is 0 Å². The van der Waals surface area contributed by atoms with Crippen molar-refractivity contribution >= 4 is 22.8 Å². The number of fused-ring (bicyclic) bond motifs is 1. The van der Waals surface area contributed by atoms with Gasteiger partial charge in [-0.15, -0.1) is 6.42 Å². The molecule has 2 aliphatic rings. The number of halogens is 1. The Morgan fingerprint density at radius 1 is 1.24 bits per heavy atom. The molecule has 2 fully saturated rings. The first-order chi connectivity index (χ1) is 17.7. The van der Waals surface area contributed by atoms with Gasteiger partial charge in [-0.3, -0.25) is 19.0 Å². The molecule has 0 spiro atoms. The molecule has 0 atom stereocenters. The Kier molecular flexibility index (Phi) is 6.29. The van der Waals surface area contributed by atoms with Crippen molar-refractivity contribution in [3.8, 4) is 18.0 Å². The molecule has 0 radical (unpaired) electrons. The van der Waals surface area contributed by atoms with Gasteiger partial charge in [0.05, 0.1) is 24.0 Å². The Morgan fingerprint density at radius 2 is 1.92 bits per heavy atom. The summed E-state index contributed by atoms with van der Waals surface area (Å²) in [7, 11) is 1.65. The van der Waals surface area contributed by atoms with Crippen LogP contribution in [0, 0.1) is 24.1 Å². The molecular formula is C26H27FN6O4. The number of hydrogen-bond acceptors (Lipinski definition) is 6. The summed E-state index contributed by atoms with van der Waals surface area (Å²) in [6.07, 6.45) is 9.76. The summed E-state index contributed by atoms with van der Waals surface area (Å²) in [6.45, 7) is 0.800. The smallest absolute Gasteiger partial charge is 0.298 e. The average molecular weight is 507 g/mol. The largest absolute Gasteiger partial charge is 0.388 e. The number of aromatic nitrogens is 4. The predicted octanol–water partition coefficient (Wildman–Crippen LogP) is 0.945. The molecule has 1 N–H and O–H groups in total. The van der Waals surface area contributed by atoms with Crippen LogP contribution in [0.1, 0.15) is 25.7 Å². The second-order valence-electron chi connectivity index (χ2n) is 9.88. The van der Waals surface area contributed by atoms with Gasteiger partial charge in [0.1, 0.15) is 17.5 Å². The summed E-state index contributed by atoms with van der Waals surface area (Å²) in [6, 6.07) is 5.68. The number of aliphatic hydroxyl groups is 1. The van der Waals surface area contributed by atoms with Crippen molar-refractivity contribution < 1.29 is 19.1 Å². The third-order valence-corrected chi connectivity index (χ3v) is 7.55. The van der Waals surface area contributed by atoms with E-state index in [4.69, 9.17) is 6.42 Å². The van der Waals surface area contributed by atoms with Crippen molar-refractivity contribution in [2.24, 2.45) is 5.92 Å². The van der Waals surface area contributed by atoms with E-state index in [-0.39, 0.29) is 47.1 Å². The Hall–Kier alpha value is -4.04. The normalized spacial score (nSPS) is 20.8. The minimum Gasteiger partial charge on any atom is -0.388 e. The number of rotatable bonds is 5. The third kappa shape index (κ3) is 4.60. The number of nitrogens with zero attached hydrogens (tertiary/aromatic N) is 6. The Balaban J connectivity index is 1.22. The van der Waals surface area contributed by atoms with E-state index >= 15 is 0 Å². The maximum atomic E-state index is 13.3. The van der Waals surface area contributed by atoms with Crippen LogP contribution in [0.25, 0.3) is 16.7 Å². The van der Waals surface area contributed by atoms with E-state index in [0.717, 1.165) is 0 Å². The monoisotopic (exact) mass is 506 g/mol. The summed E-state index contributed by atoms with van der Waals surface area (Å²) >= 11 is 0. The zero-order valence-electron chi connectivity index (χ0n) is 20.4. The van der Waals surface area contributed by atoms with Crippen LogP contribution < -0.4 is 5.56 Å². The molecule has 2 aromatic heterocycles. The van der Waals surface area contributed by atoms with Gasteiger partial charge in [-0.25, -0.2) is 14.1 Å². The highest BCUT2D eigenvalue weighted by molar-refractivity contribution is 5.93. The molecule has 3 heterocycles. The van der Waals surface area contributed by atoms with Gasteiger partial charge in [0.25, 0.3) is 11.5 Å². The molecule has 1 aliphatic carbocycles. The maximum Gasteiger partial charge on any atom is 0.298 e. The number of likely N-dealkylation sites (tertiary alicyclic amines) is 1. The molecule has 1 aromatic carbocycles. The molecule has 1 saturated heterocycles. The van der Waals surface area contributed by atoms with Gasteiger partial charge >= 0.3 is 0 Å². The summed E-state index contributed by atoms with van der Waals surface area (Å²) < 4.78 is 16.1. The van der Waals surface area contributed by atoms with Crippen LogP contribution in [0.15, 0.2) is 41.6 Å². The van der Waals surface area contributed by atoms with Crippen LogP contribution in [0.3, 0.4) is 0 Å². The lowest BCUT2D eigenvalue weighted by Crippen LogP contribution is -2.54. The summed E-state index contributed by atoms with van der Waals surface area (Å²) in [4.78, 5) is 45.3. The highest BCUT2D eigenvalue weighted by Crippen LogP contribution is 2.34. The van der Waals surface area contributed by atoms with Gasteiger partial charge in [-0.2, -0.15) is 5.10 Å². The number of piperidine rings is 1. The maximum absolute atomic E-state index is 13.3. The first-order valence-corrected chi connectivity index (χ1v) is 12.1. The van der Waals surface area contributed by atoms with E-state index < -0.39 is 5.60 Å². The zero-order chi connectivity index (χ0) is 26.3. The average Bonchev–Trinajstić information content (AvgIpc) is 3.30. The van der Waals surface area contributed by atoms with Crippen molar-refractivity contribution in [3.05, 3.63) is 53.0 Å². The van der Waals surface area contributed by atoms with Crippen molar-refractivity contribution in [1.82, 2.24) is 29.1 Å². The number of hydrogen-bond donors (Lipinski definition) is 1. The number of carbonyl (C=O) groups excluding carboxylic acids is 2. The van der Waals surface area contributed by atoms with Crippen molar-refractivity contribution in [3.63, 3.8) is 0 Å². The third-order valence-electron chi connectivity index (χ3n) is 7.55. The second-order valence-corrected chi connectivity index (χ2v) is 9.88.